The van der Waals surface area contributed by atoms with E-state index in [0.29, 0.717) is 92.5 Å². The van der Waals surface area contributed by atoms with Crippen LogP contribution >= 0.6 is 0 Å². The van der Waals surface area contributed by atoms with Crippen molar-refractivity contribution >= 4 is 0 Å². The van der Waals surface area contributed by atoms with E-state index in [2.05, 4.69) is 40.2 Å². The standard InChI is InChI=1S/C42H50N8O10/c1-9-11-55-41-43-25(7)17-29(45-41)39-47-37(49-59-39)27-13-21(3)34(22(4)14-27)57-20-32(53)33(54)36(31(52)19-51)58-35-23(5)15-28(16-24(35)6)38-48-40(60-50-38)30-18-26(8)44-42(46-30)56-12-10-2/h13-18,31-33,36,51-54H,9-12,19-20H2,1-8H3. The fourth-order valence-electron chi connectivity index (χ4n) is 6.38. The molecule has 318 valence electrons. The summed E-state index contributed by atoms with van der Waals surface area (Å²) in [7, 11) is 0. The van der Waals surface area contributed by atoms with Crippen molar-refractivity contribution in [2.75, 3.05) is 26.4 Å². The van der Waals surface area contributed by atoms with Gasteiger partial charge in [-0.05, 0) is 113 Å². The summed E-state index contributed by atoms with van der Waals surface area (Å²) >= 11 is 0. The van der Waals surface area contributed by atoms with Gasteiger partial charge in [0.15, 0.2) is 6.10 Å². The second-order valence-corrected chi connectivity index (χ2v) is 14.5. The van der Waals surface area contributed by atoms with Crippen LogP contribution in [0.15, 0.2) is 45.4 Å². The minimum absolute atomic E-state index is 0.182. The predicted octanol–water partition coefficient (Wildman–Crippen LogP) is 5.03. The van der Waals surface area contributed by atoms with E-state index in [0.717, 1.165) is 12.8 Å². The van der Waals surface area contributed by atoms with Crippen LogP contribution in [0.4, 0.5) is 0 Å². The number of hydrogen-bond acceptors (Lipinski definition) is 18. The highest BCUT2D eigenvalue weighted by atomic mass is 16.5. The van der Waals surface area contributed by atoms with Gasteiger partial charge in [-0.25, -0.2) is 9.97 Å². The Labute approximate surface area is 346 Å². The third kappa shape index (κ3) is 10.2. The molecule has 0 saturated heterocycles. The number of rotatable bonds is 19. The Morgan fingerprint density at radius 1 is 0.567 bits per heavy atom. The lowest BCUT2D eigenvalue weighted by Crippen LogP contribution is -2.51. The number of aliphatic hydroxyl groups is 4. The van der Waals surface area contributed by atoms with Crippen molar-refractivity contribution in [1.82, 2.24) is 40.2 Å². The lowest BCUT2D eigenvalue weighted by atomic mass is 10.0. The van der Waals surface area contributed by atoms with E-state index in [-0.39, 0.29) is 30.4 Å². The molecule has 0 saturated carbocycles. The molecule has 0 amide bonds. The van der Waals surface area contributed by atoms with E-state index >= 15 is 0 Å². The zero-order valence-corrected chi connectivity index (χ0v) is 34.8. The molecule has 6 rings (SSSR count). The van der Waals surface area contributed by atoms with Crippen LogP contribution in [0.1, 0.15) is 60.3 Å². The number of aromatic nitrogens is 8. The molecule has 0 aliphatic carbocycles. The first kappa shape index (κ1) is 43.5. The van der Waals surface area contributed by atoms with Gasteiger partial charge in [-0.1, -0.05) is 24.2 Å². The molecule has 0 fully saturated rings. The summed E-state index contributed by atoms with van der Waals surface area (Å²) in [6, 6.07) is 11.0. The maximum absolute atomic E-state index is 11.3. The lowest BCUT2D eigenvalue weighted by molar-refractivity contribution is -0.111. The molecule has 0 bridgehead atoms. The smallest absolute Gasteiger partial charge is 0.317 e. The monoisotopic (exact) mass is 826 g/mol. The minimum Gasteiger partial charge on any atom is -0.490 e. The van der Waals surface area contributed by atoms with Gasteiger partial charge in [-0.2, -0.15) is 19.9 Å². The third-order valence-electron chi connectivity index (χ3n) is 9.21. The number of nitrogens with zero attached hydrogens (tertiary/aromatic N) is 8. The summed E-state index contributed by atoms with van der Waals surface area (Å²) in [6.07, 6.45) is -4.60. The molecule has 0 aliphatic heterocycles. The molecular weight excluding hydrogens is 777 g/mol. The van der Waals surface area contributed by atoms with E-state index in [9.17, 15) is 20.4 Å². The molecule has 18 nitrogen and oxygen atoms in total. The highest BCUT2D eigenvalue weighted by Crippen LogP contribution is 2.33. The Bertz CT molecular complexity index is 2360. The fraction of sp³-hybridized carbons (Fsp3) is 0.429. The summed E-state index contributed by atoms with van der Waals surface area (Å²) < 4.78 is 34.4. The zero-order chi connectivity index (χ0) is 43.1. The van der Waals surface area contributed by atoms with Crippen LogP contribution in [0.5, 0.6) is 23.5 Å². The summed E-state index contributed by atoms with van der Waals surface area (Å²) in [4.78, 5) is 26.5. The molecule has 0 aliphatic rings. The van der Waals surface area contributed by atoms with Crippen LogP contribution in [0.2, 0.25) is 0 Å². The second-order valence-electron chi connectivity index (χ2n) is 14.5. The molecule has 4 unspecified atom stereocenters. The van der Waals surface area contributed by atoms with Crippen molar-refractivity contribution in [2.24, 2.45) is 0 Å². The van der Waals surface area contributed by atoms with Gasteiger partial charge in [-0.15, -0.1) is 0 Å². The van der Waals surface area contributed by atoms with Crippen LogP contribution < -0.4 is 18.9 Å². The topological polar surface area (TPSA) is 247 Å². The third-order valence-corrected chi connectivity index (χ3v) is 9.21. The molecule has 2 aromatic carbocycles. The van der Waals surface area contributed by atoms with Gasteiger partial charge in [-0.3, -0.25) is 0 Å². The van der Waals surface area contributed by atoms with Gasteiger partial charge in [0.1, 0.15) is 47.8 Å². The quantitative estimate of drug-likeness (QED) is 0.0836. The van der Waals surface area contributed by atoms with Crippen LogP contribution in [-0.2, 0) is 0 Å². The summed E-state index contributed by atoms with van der Waals surface area (Å²) in [5, 5.41) is 51.5. The van der Waals surface area contributed by atoms with Crippen molar-refractivity contribution in [2.45, 2.75) is 92.6 Å². The van der Waals surface area contributed by atoms with E-state index < -0.39 is 31.0 Å². The number of aliphatic hydroxyl groups excluding tert-OH is 4. The van der Waals surface area contributed by atoms with Crippen molar-refractivity contribution < 1.29 is 48.4 Å². The van der Waals surface area contributed by atoms with Crippen LogP contribution in [0, 0.1) is 41.5 Å². The normalized spacial score (nSPS) is 13.5. The highest BCUT2D eigenvalue weighted by Gasteiger charge is 2.35. The molecule has 60 heavy (non-hydrogen) atoms. The first-order valence-electron chi connectivity index (χ1n) is 19.6. The van der Waals surface area contributed by atoms with E-state index in [1.807, 2.05) is 53.7 Å². The second kappa shape index (κ2) is 19.3. The van der Waals surface area contributed by atoms with Crippen molar-refractivity contribution in [3.63, 3.8) is 0 Å². The summed E-state index contributed by atoms with van der Waals surface area (Å²) in [5.41, 5.74) is 6.10. The Morgan fingerprint density at radius 2 is 1.02 bits per heavy atom. The molecule has 4 N–H and O–H groups in total. The largest absolute Gasteiger partial charge is 0.490 e. The molecule has 0 radical (unpaired) electrons. The van der Waals surface area contributed by atoms with Crippen LogP contribution in [-0.4, -0.2) is 111 Å². The van der Waals surface area contributed by atoms with Gasteiger partial charge in [0.2, 0.25) is 11.6 Å². The molecule has 18 heteroatoms. The van der Waals surface area contributed by atoms with E-state index in [1.54, 1.807) is 38.1 Å². The summed E-state index contributed by atoms with van der Waals surface area (Å²) in [6.45, 7) is 14.6. The zero-order valence-electron chi connectivity index (χ0n) is 34.8. The van der Waals surface area contributed by atoms with Gasteiger partial charge in [0.05, 0.1) is 19.8 Å². The Kier molecular flexibility index (Phi) is 14.0. The van der Waals surface area contributed by atoms with Crippen molar-refractivity contribution in [3.8, 4) is 69.5 Å². The molecule has 4 atom stereocenters. The van der Waals surface area contributed by atoms with E-state index in [1.165, 1.54) is 0 Å². The number of benzene rings is 2. The van der Waals surface area contributed by atoms with Gasteiger partial charge < -0.3 is 48.4 Å². The SMILES string of the molecule is CCCOc1nc(C)cc(-c2nc(-c3cc(C)c(OCC(O)C(O)C(Oc4c(C)cc(-c5noc(-c6cc(C)nc(OCCC)n6)n5)cc4C)C(O)CO)c(C)c3)no2)n1. The number of hydrogen-bond donors (Lipinski definition) is 4. The first-order chi connectivity index (χ1) is 28.8. The molecule has 0 spiro atoms. The van der Waals surface area contributed by atoms with Gasteiger partial charge >= 0.3 is 12.0 Å². The Balaban J connectivity index is 1.13. The Morgan fingerprint density at radius 3 is 1.45 bits per heavy atom. The number of ether oxygens (including phenoxy) is 4. The minimum atomic E-state index is -1.68. The molecular formula is C42H50N8O10. The first-order valence-corrected chi connectivity index (χ1v) is 19.6. The van der Waals surface area contributed by atoms with Crippen LogP contribution in [0.3, 0.4) is 0 Å². The maximum Gasteiger partial charge on any atom is 0.317 e. The number of aryl methyl sites for hydroxylation is 6. The molecule has 6 aromatic rings. The van der Waals surface area contributed by atoms with Gasteiger partial charge in [0.25, 0.3) is 11.8 Å². The summed E-state index contributed by atoms with van der Waals surface area (Å²) in [5.74, 6) is 1.79. The van der Waals surface area contributed by atoms with Crippen molar-refractivity contribution in [1.29, 1.82) is 0 Å². The lowest BCUT2D eigenvalue weighted by Gasteiger charge is -2.31. The molecule has 4 heterocycles. The average molecular weight is 827 g/mol. The van der Waals surface area contributed by atoms with Crippen molar-refractivity contribution in [3.05, 3.63) is 70.0 Å². The molecule has 4 aromatic heterocycles. The van der Waals surface area contributed by atoms with E-state index in [4.69, 9.17) is 28.0 Å². The van der Waals surface area contributed by atoms with Crippen LogP contribution in [0.25, 0.3) is 45.9 Å². The van der Waals surface area contributed by atoms with Gasteiger partial charge in [0, 0.05) is 22.5 Å². The highest BCUT2D eigenvalue weighted by molar-refractivity contribution is 5.64. The Hall–Kier alpha value is -6.08. The fourth-order valence-corrected chi connectivity index (χ4v) is 6.38. The average Bonchev–Trinajstić information content (AvgIpc) is 3.92. The maximum atomic E-state index is 11.3. The predicted molar refractivity (Wildman–Crippen MR) is 217 cm³/mol.